The maximum atomic E-state index is 12.1. The minimum Gasteiger partial charge on any atom is -0.354 e. The second kappa shape index (κ2) is 4.25. The summed E-state index contributed by atoms with van der Waals surface area (Å²) in [5, 5.41) is 2.60. The largest absolute Gasteiger partial charge is 0.354 e. The summed E-state index contributed by atoms with van der Waals surface area (Å²) in [7, 11) is 0. The van der Waals surface area contributed by atoms with Gasteiger partial charge in [-0.1, -0.05) is 0 Å². The molecule has 60 valence electrons. The molecule has 1 amide bonds. The summed E-state index contributed by atoms with van der Waals surface area (Å²) >= 11 is 0. The summed E-state index contributed by atoms with van der Waals surface area (Å²) in [4.78, 5) is 10.7. The van der Waals surface area contributed by atoms with E-state index >= 15 is 0 Å². The standard InChI is InChI=1S/C7H14FNO/c1-5(2)9-7(10)4-6(3)8/h5-6H,4H2,1-3H3,(H,9,10). The molecular formula is C7H14FNO. The summed E-state index contributed by atoms with van der Waals surface area (Å²) in [6, 6.07) is 0.103. The van der Waals surface area contributed by atoms with Crippen LogP contribution in [-0.2, 0) is 4.79 Å². The number of rotatable bonds is 3. The van der Waals surface area contributed by atoms with Crippen LogP contribution in [0.5, 0.6) is 0 Å². The molecular weight excluding hydrogens is 133 g/mol. The molecule has 0 heterocycles. The third-order valence-electron chi connectivity index (χ3n) is 0.916. The normalized spacial score (nSPS) is 13.3. The van der Waals surface area contributed by atoms with Crippen LogP contribution in [0.15, 0.2) is 0 Å². The number of alkyl halides is 1. The Labute approximate surface area is 60.8 Å². The predicted octanol–water partition coefficient (Wildman–Crippen LogP) is 1.26. The van der Waals surface area contributed by atoms with Crippen molar-refractivity contribution in [2.75, 3.05) is 0 Å². The highest BCUT2D eigenvalue weighted by atomic mass is 19.1. The van der Waals surface area contributed by atoms with E-state index in [4.69, 9.17) is 0 Å². The summed E-state index contributed by atoms with van der Waals surface area (Å²) in [5.74, 6) is -0.218. The molecule has 0 saturated carbocycles. The average molecular weight is 147 g/mol. The number of carbonyl (C=O) groups is 1. The summed E-state index contributed by atoms with van der Waals surface area (Å²) < 4.78 is 12.1. The first-order valence-corrected chi connectivity index (χ1v) is 3.45. The molecule has 0 saturated heterocycles. The van der Waals surface area contributed by atoms with Gasteiger partial charge in [-0.15, -0.1) is 0 Å². The van der Waals surface area contributed by atoms with Gasteiger partial charge in [-0.2, -0.15) is 0 Å². The number of nitrogens with one attached hydrogen (secondary N) is 1. The van der Waals surface area contributed by atoms with Crippen LogP contribution < -0.4 is 5.32 Å². The molecule has 0 aromatic rings. The zero-order chi connectivity index (χ0) is 8.15. The lowest BCUT2D eigenvalue weighted by Gasteiger charge is -2.07. The van der Waals surface area contributed by atoms with E-state index in [9.17, 15) is 9.18 Å². The number of amides is 1. The van der Waals surface area contributed by atoms with Crippen molar-refractivity contribution in [3.05, 3.63) is 0 Å². The summed E-state index contributed by atoms with van der Waals surface area (Å²) in [6.45, 7) is 5.07. The van der Waals surface area contributed by atoms with Crippen molar-refractivity contribution in [2.45, 2.75) is 39.4 Å². The minimum atomic E-state index is -1.04. The quantitative estimate of drug-likeness (QED) is 0.639. The minimum absolute atomic E-state index is 0.0296. The lowest BCUT2D eigenvalue weighted by Crippen LogP contribution is -2.31. The molecule has 0 aliphatic heterocycles. The first-order valence-electron chi connectivity index (χ1n) is 3.45. The van der Waals surface area contributed by atoms with Crippen LogP contribution in [0, 0.1) is 0 Å². The maximum absolute atomic E-state index is 12.1. The molecule has 1 atom stereocenters. The molecule has 0 aromatic heterocycles. The fourth-order valence-corrected chi connectivity index (χ4v) is 0.636. The Morgan fingerprint density at radius 3 is 2.30 bits per heavy atom. The molecule has 0 bridgehead atoms. The Morgan fingerprint density at radius 2 is 2.00 bits per heavy atom. The van der Waals surface area contributed by atoms with E-state index in [1.165, 1.54) is 6.92 Å². The molecule has 0 fully saturated rings. The van der Waals surface area contributed by atoms with Gasteiger partial charge in [-0.05, 0) is 20.8 Å². The van der Waals surface area contributed by atoms with Crippen LogP contribution >= 0.6 is 0 Å². The molecule has 3 heteroatoms. The van der Waals surface area contributed by atoms with Crippen LogP contribution in [0.3, 0.4) is 0 Å². The smallest absolute Gasteiger partial charge is 0.223 e. The fourth-order valence-electron chi connectivity index (χ4n) is 0.636. The van der Waals surface area contributed by atoms with Crippen molar-refractivity contribution in [2.24, 2.45) is 0 Å². The van der Waals surface area contributed by atoms with Crippen molar-refractivity contribution < 1.29 is 9.18 Å². The highest BCUT2D eigenvalue weighted by molar-refractivity contribution is 5.76. The Hall–Kier alpha value is -0.600. The molecule has 10 heavy (non-hydrogen) atoms. The van der Waals surface area contributed by atoms with Gasteiger partial charge in [-0.25, -0.2) is 4.39 Å². The molecule has 0 rings (SSSR count). The molecule has 1 unspecified atom stereocenters. The SMILES string of the molecule is CC(F)CC(=O)NC(C)C. The third-order valence-corrected chi connectivity index (χ3v) is 0.916. The van der Waals surface area contributed by atoms with Crippen molar-refractivity contribution in [3.8, 4) is 0 Å². The lowest BCUT2D eigenvalue weighted by molar-refractivity contribution is -0.122. The molecule has 0 aliphatic rings. The summed E-state index contributed by atoms with van der Waals surface area (Å²) in [6.07, 6.45) is -1.07. The Kier molecular flexibility index (Phi) is 4.00. The zero-order valence-electron chi connectivity index (χ0n) is 6.65. The van der Waals surface area contributed by atoms with E-state index in [-0.39, 0.29) is 18.4 Å². The molecule has 2 nitrogen and oxygen atoms in total. The lowest BCUT2D eigenvalue weighted by atomic mass is 10.3. The third kappa shape index (κ3) is 5.54. The zero-order valence-corrected chi connectivity index (χ0v) is 6.65. The maximum Gasteiger partial charge on any atom is 0.223 e. The van der Waals surface area contributed by atoms with Gasteiger partial charge in [0.2, 0.25) is 5.91 Å². The van der Waals surface area contributed by atoms with E-state index in [0.717, 1.165) is 0 Å². The van der Waals surface area contributed by atoms with E-state index in [2.05, 4.69) is 5.32 Å². The van der Waals surface area contributed by atoms with Gasteiger partial charge in [-0.3, -0.25) is 4.79 Å². The van der Waals surface area contributed by atoms with E-state index in [1.54, 1.807) is 0 Å². The van der Waals surface area contributed by atoms with Crippen LogP contribution in [0.2, 0.25) is 0 Å². The van der Waals surface area contributed by atoms with E-state index < -0.39 is 6.17 Å². The predicted molar refractivity (Wildman–Crippen MR) is 38.5 cm³/mol. The van der Waals surface area contributed by atoms with Gasteiger partial charge in [0.1, 0.15) is 6.17 Å². The molecule has 0 radical (unpaired) electrons. The van der Waals surface area contributed by atoms with Crippen LogP contribution in [-0.4, -0.2) is 18.1 Å². The Bertz CT molecular complexity index is 100. The van der Waals surface area contributed by atoms with Gasteiger partial charge in [0.25, 0.3) is 0 Å². The number of carbonyl (C=O) groups excluding carboxylic acids is 1. The van der Waals surface area contributed by atoms with Gasteiger partial charge >= 0.3 is 0 Å². The van der Waals surface area contributed by atoms with Crippen LogP contribution in [0.25, 0.3) is 0 Å². The molecule has 0 aliphatic carbocycles. The average Bonchev–Trinajstić information content (AvgIpc) is 1.58. The number of halogens is 1. The Morgan fingerprint density at radius 1 is 1.50 bits per heavy atom. The molecule has 0 spiro atoms. The second-order valence-corrected chi connectivity index (χ2v) is 2.71. The number of hydrogen-bond acceptors (Lipinski definition) is 1. The van der Waals surface area contributed by atoms with Gasteiger partial charge in [0.05, 0.1) is 6.42 Å². The van der Waals surface area contributed by atoms with Crippen molar-refractivity contribution in [3.63, 3.8) is 0 Å². The Balaban J connectivity index is 3.44. The van der Waals surface area contributed by atoms with Crippen molar-refractivity contribution >= 4 is 5.91 Å². The monoisotopic (exact) mass is 147 g/mol. The van der Waals surface area contributed by atoms with E-state index in [0.29, 0.717) is 0 Å². The second-order valence-electron chi connectivity index (χ2n) is 2.71. The summed E-state index contributed by atoms with van der Waals surface area (Å²) in [5.41, 5.74) is 0. The first kappa shape index (κ1) is 9.40. The topological polar surface area (TPSA) is 29.1 Å². The number of hydrogen-bond donors (Lipinski definition) is 1. The van der Waals surface area contributed by atoms with Crippen molar-refractivity contribution in [1.82, 2.24) is 5.32 Å². The van der Waals surface area contributed by atoms with Gasteiger partial charge < -0.3 is 5.32 Å². The van der Waals surface area contributed by atoms with Gasteiger partial charge in [0, 0.05) is 6.04 Å². The fraction of sp³-hybridized carbons (Fsp3) is 0.857. The molecule has 0 aromatic carbocycles. The van der Waals surface area contributed by atoms with Crippen LogP contribution in [0.4, 0.5) is 4.39 Å². The first-order chi connectivity index (χ1) is 4.52. The highest BCUT2D eigenvalue weighted by Crippen LogP contribution is 1.95. The van der Waals surface area contributed by atoms with Crippen LogP contribution in [0.1, 0.15) is 27.2 Å². The molecule has 1 N–H and O–H groups in total. The van der Waals surface area contributed by atoms with E-state index in [1.807, 2.05) is 13.8 Å². The van der Waals surface area contributed by atoms with Crippen molar-refractivity contribution in [1.29, 1.82) is 0 Å². The highest BCUT2D eigenvalue weighted by Gasteiger charge is 2.07. The van der Waals surface area contributed by atoms with Gasteiger partial charge in [0.15, 0.2) is 0 Å².